The molecule has 0 heterocycles. The molecule has 0 saturated carbocycles. The molecule has 0 unspecified atom stereocenters. The molecule has 0 saturated heterocycles. The van der Waals surface area contributed by atoms with Crippen molar-refractivity contribution in [3.63, 3.8) is 0 Å². The van der Waals surface area contributed by atoms with Crippen molar-refractivity contribution in [3.8, 4) is 5.75 Å². The second kappa shape index (κ2) is 8.35. The van der Waals surface area contributed by atoms with Gasteiger partial charge in [0.25, 0.3) is 5.91 Å². The van der Waals surface area contributed by atoms with Crippen LogP contribution >= 0.6 is 11.6 Å². The minimum absolute atomic E-state index is 0.0868. The predicted octanol–water partition coefficient (Wildman–Crippen LogP) is 3.17. The molecule has 136 valence electrons. The number of hydrogen-bond acceptors (Lipinski definition) is 6. The van der Waals surface area contributed by atoms with Gasteiger partial charge in [0.15, 0.2) is 0 Å². The van der Waals surface area contributed by atoms with E-state index in [2.05, 4.69) is 14.8 Å². The molecular weight excluding hydrogens is 362 g/mol. The number of carbonyl (C=O) groups is 3. The van der Waals surface area contributed by atoms with Crippen LogP contribution in [0.15, 0.2) is 36.4 Å². The zero-order valence-electron chi connectivity index (χ0n) is 14.3. The number of rotatable bonds is 5. The van der Waals surface area contributed by atoms with E-state index in [9.17, 15) is 14.4 Å². The number of halogens is 1. The van der Waals surface area contributed by atoms with Gasteiger partial charge >= 0.3 is 11.9 Å². The Labute approximate surface area is 154 Å². The van der Waals surface area contributed by atoms with Crippen molar-refractivity contribution in [2.45, 2.75) is 0 Å². The Kier molecular flexibility index (Phi) is 6.19. The standard InChI is InChI=1S/C18H16ClNO6/c1-24-15-5-4-12(19)9-14(15)16(21)20-13-7-10(17(22)25-2)6-11(8-13)18(23)26-3/h4-9H,1-3H3,(H,20,21). The zero-order valence-corrected chi connectivity index (χ0v) is 15.0. The summed E-state index contributed by atoms with van der Waals surface area (Å²) in [5.74, 6) is -1.52. The molecule has 0 aliphatic rings. The molecule has 7 nitrogen and oxygen atoms in total. The first kappa shape index (κ1) is 19.3. The lowest BCUT2D eigenvalue weighted by atomic mass is 10.1. The molecule has 0 radical (unpaired) electrons. The number of esters is 2. The van der Waals surface area contributed by atoms with Crippen molar-refractivity contribution < 1.29 is 28.6 Å². The van der Waals surface area contributed by atoms with Gasteiger partial charge in [-0.05, 0) is 36.4 Å². The van der Waals surface area contributed by atoms with Gasteiger partial charge in [0.1, 0.15) is 5.75 Å². The topological polar surface area (TPSA) is 90.9 Å². The molecule has 26 heavy (non-hydrogen) atoms. The van der Waals surface area contributed by atoms with Crippen LogP contribution in [0.4, 0.5) is 5.69 Å². The molecule has 2 aromatic carbocycles. The summed E-state index contributed by atoms with van der Waals surface area (Å²) < 4.78 is 14.5. The Bertz CT molecular complexity index is 831. The fourth-order valence-corrected chi connectivity index (χ4v) is 2.40. The number of carbonyl (C=O) groups excluding carboxylic acids is 3. The average Bonchev–Trinajstić information content (AvgIpc) is 2.66. The summed E-state index contributed by atoms with van der Waals surface area (Å²) in [6.45, 7) is 0. The number of ether oxygens (including phenoxy) is 3. The van der Waals surface area contributed by atoms with Crippen molar-refractivity contribution in [2.24, 2.45) is 0 Å². The molecule has 0 spiro atoms. The summed E-state index contributed by atoms with van der Waals surface area (Å²) in [6.07, 6.45) is 0. The Balaban J connectivity index is 2.42. The number of anilines is 1. The maximum atomic E-state index is 12.6. The van der Waals surface area contributed by atoms with Gasteiger partial charge in [0, 0.05) is 10.7 Å². The first-order chi connectivity index (χ1) is 12.4. The summed E-state index contributed by atoms with van der Waals surface area (Å²) in [4.78, 5) is 36.2. The third kappa shape index (κ3) is 4.31. The minimum Gasteiger partial charge on any atom is -0.496 e. The van der Waals surface area contributed by atoms with Crippen LogP contribution in [0.5, 0.6) is 5.75 Å². The van der Waals surface area contributed by atoms with E-state index in [1.807, 2.05) is 0 Å². The van der Waals surface area contributed by atoms with Gasteiger partial charge < -0.3 is 19.5 Å². The van der Waals surface area contributed by atoms with E-state index in [0.29, 0.717) is 10.8 Å². The monoisotopic (exact) mass is 377 g/mol. The zero-order chi connectivity index (χ0) is 19.3. The maximum Gasteiger partial charge on any atom is 0.337 e. The van der Waals surface area contributed by atoms with Gasteiger partial charge in [-0.1, -0.05) is 11.6 Å². The Morgan fingerprint density at radius 1 is 0.885 bits per heavy atom. The number of benzene rings is 2. The molecule has 0 fully saturated rings. The largest absolute Gasteiger partial charge is 0.496 e. The van der Waals surface area contributed by atoms with E-state index in [1.54, 1.807) is 12.1 Å². The molecule has 0 aliphatic heterocycles. The minimum atomic E-state index is -0.661. The maximum absolute atomic E-state index is 12.6. The Hall–Kier alpha value is -3.06. The summed E-state index contributed by atoms with van der Waals surface area (Å²) in [5.41, 5.74) is 0.580. The number of nitrogens with one attached hydrogen (secondary N) is 1. The van der Waals surface area contributed by atoms with Crippen molar-refractivity contribution in [2.75, 3.05) is 26.6 Å². The van der Waals surface area contributed by atoms with E-state index in [1.165, 1.54) is 45.6 Å². The van der Waals surface area contributed by atoms with Gasteiger partial charge in [-0.3, -0.25) is 4.79 Å². The van der Waals surface area contributed by atoms with Crippen molar-refractivity contribution in [1.82, 2.24) is 0 Å². The van der Waals surface area contributed by atoms with Crippen LogP contribution in [0.25, 0.3) is 0 Å². The van der Waals surface area contributed by atoms with E-state index in [-0.39, 0.29) is 22.4 Å². The third-order valence-corrected chi connectivity index (χ3v) is 3.67. The van der Waals surface area contributed by atoms with Gasteiger partial charge in [-0.25, -0.2) is 9.59 Å². The van der Waals surface area contributed by atoms with Gasteiger partial charge in [-0.2, -0.15) is 0 Å². The van der Waals surface area contributed by atoms with Crippen molar-refractivity contribution in [1.29, 1.82) is 0 Å². The SMILES string of the molecule is COC(=O)c1cc(NC(=O)c2cc(Cl)ccc2OC)cc(C(=O)OC)c1. The van der Waals surface area contributed by atoms with Gasteiger partial charge in [-0.15, -0.1) is 0 Å². The molecular formula is C18H16ClNO6. The van der Waals surface area contributed by atoms with Crippen molar-refractivity contribution in [3.05, 3.63) is 58.1 Å². The molecule has 1 amide bonds. The first-order valence-corrected chi connectivity index (χ1v) is 7.74. The smallest absolute Gasteiger partial charge is 0.337 e. The molecule has 0 aromatic heterocycles. The van der Waals surface area contributed by atoms with E-state index >= 15 is 0 Å². The molecule has 0 aliphatic carbocycles. The summed E-state index contributed by atoms with van der Waals surface area (Å²) >= 11 is 5.93. The fraction of sp³-hybridized carbons (Fsp3) is 0.167. The van der Waals surface area contributed by atoms with E-state index in [4.69, 9.17) is 16.3 Å². The molecule has 0 atom stereocenters. The molecule has 1 N–H and O–H groups in total. The lowest BCUT2D eigenvalue weighted by molar-refractivity contribution is 0.0599. The van der Waals surface area contributed by atoms with Crippen LogP contribution in [0, 0.1) is 0 Å². The van der Waals surface area contributed by atoms with Crippen molar-refractivity contribution >= 4 is 35.1 Å². The third-order valence-electron chi connectivity index (χ3n) is 3.44. The van der Waals surface area contributed by atoms with E-state index in [0.717, 1.165) is 0 Å². The van der Waals surface area contributed by atoms with Crippen LogP contribution < -0.4 is 10.1 Å². The lowest BCUT2D eigenvalue weighted by Crippen LogP contribution is -2.15. The number of amides is 1. The Morgan fingerprint density at radius 3 is 1.96 bits per heavy atom. The first-order valence-electron chi connectivity index (χ1n) is 7.36. The quantitative estimate of drug-likeness (QED) is 0.805. The number of methoxy groups -OCH3 is 3. The lowest BCUT2D eigenvalue weighted by Gasteiger charge is -2.12. The van der Waals surface area contributed by atoms with Crippen LogP contribution in [0.2, 0.25) is 5.02 Å². The Morgan fingerprint density at radius 2 is 1.46 bits per heavy atom. The molecule has 0 bridgehead atoms. The van der Waals surface area contributed by atoms with Crippen LogP contribution in [0.1, 0.15) is 31.1 Å². The number of hydrogen-bond donors (Lipinski definition) is 1. The normalized spacial score (nSPS) is 10.0. The summed E-state index contributed by atoms with van der Waals surface area (Å²) in [7, 11) is 3.84. The predicted molar refractivity (Wildman–Crippen MR) is 95.1 cm³/mol. The van der Waals surface area contributed by atoms with Gasteiger partial charge in [0.05, 0.1) is 38.0 Å². The van der Waals surface area contributed by atoms with Crippen LogP contribution in [-0.2, 0) is 9.47 Å². The highest BCUT2D eigenvalue weighted by molar-refractivity contribution is 6.31. The summed E-state index contributed by atoms with van der Waals surface area (Å²) in [5, 5.41) is 2.96. The molecule has 8 heteroatoms. The highest BCUT2D eigenvalue weighted by Crippen LogP contribution is 2.24. The molecule has 2 rings (SSSR count). The average molecular weight is 378 g/mol. The highest BCUT2D eigenvalue weighted by atomic mass is 35.5. The highest BCUT2D eigenvalue weighted by Gasteiger charge is 2.17. The second-order valence-corrected chi connectivity index (χ2v) is 5.52. The van der Waals surface area contributed by atoms with E-state index < -0.39 is 17.8 Å². The summed E-state index contributed by atoms with van der Waals surface area (Å²) in [6, 6.07) is 8.67. The van der Waals surface area contributed by atoms with Crippen LogP contribution in [0.3, 0.4) is 0 Å². The van der Waals surface area contributed by atoms with Crippen LogP contribution in [-0.4, -0.2) is 39.2 Å². The van der Waals surface area contributed by atoms with Gasteiger partial charge in [0.2, 0.25) is 0 Å². The second-order valence-electron chi connectivity index (χ2n) is 5.08. The fourth-order valence-electron chi connectivity index (χ4n) is 2.23. The molecule has 2 aromatic rings.